The lowest BCUT2D eigenvalue weighted by atomic mass is 9.93. The summed E-state index contributed by atoms with van der Waals surface area (Å²) in [5.74, 6) is 0. The summed E-state index contributed by atoms with van der Waals surface area (Å²) < 4.78 is 5.82. The van der Waals surface area contributed by atoms with E-state index in [0.717, 1.165) is 6.42 Å². The molecule has 0 spiro atoms. The van der Waals surface area contributed by atoms with E-state index in [2.05, 4.69) is 0 Å². The average Bonchev–Trinajstić information content (AvgIpc) is 2.48. The third kappa shape index (κ3) is 5.29. The Morgan fingerprint density at radius 1 is 1.10 bits per heavy atom. The minimum absolute atomic E-state index is 0.228. The fourth-order valence-corrected chi connectivity index (χ4v) is 3.20. The molecule has 1 fully saturated rings. The molecule has 2 rings (SSSR count). The second-order valence-corrected chi connectivity index (χ2v) is 6.69. The summed E-state index contributed by atoms with van der Waals surface area (Å²) in [5.41, 5.74) is 1.17. The topological polar surface area (TPSA) is 90.2 Å². The first-order chi connectivity index (χ1) is 10.1. The summed E-state index contributed by atoms with van der Waals surface area (Å²) in [5, 5.41) is 20.0. The molecular weight excluding hydrogens is 291 g/mol. The van der Waals surface area contributed by atoms with Crippen molar-refractivity contribution in [1.29, 1.82) is 0 Å². The van der Waals surface area contributed by atoms with Gasteiger partial charge in [0.2, 0.25) is 0 Å². The van der Waals surface area contributed by atoms with E-state index in [1.165, 1.54) is 5.56 Å². The van der Waals surface area contributed by atoms with Gasteiger partial charge in [0.25, 0.3) is 0 Å². The van der Waals surface area contributed by atoms with E-state index < -0.39 is 26.7 Å². The molecule has 1 aromatic rings. The molecule has 0 aliphatic carbocycles. The van der Waals surface area contributed by atoms with Gasteiger partial charge in [-0.15, -0.1) is 0 Å². The Kier molecular flexibility index (Phi) is 6.55. The van der Waals surface area contributed by atoms with Crippen LogP contribution < -0.4 is 0 Å². The zero-order chi connectivity index (χ0) is 15.2. The van der Waals surface area contributed by atoms with E-state index >= 15 is 0 Å². The maximum absolute atomic E-state index is 10.0. The first-order valence-electron chi connectivity index (χ1n) is 7.27. The van der Waals surface area contributed by atoms with Crippen LogP contribution in [-0.2, 0) is 11.2 Å². The van der Waals surface area contributed by atoms with Gasteiger partial charge in [-0.1, -0.05) is 30.3 Å². The summed E-state index contributed by atoms with van der Waals surface area (Å²) in [7, 11) is -1.93. The van der Waals surface area contributed by atoms with Crippen molar-refractivity contribution in [2.24, 2.45) is 0 Å². The van der Waals surface area contributed by atoms with Gasteiger partial charge in [0.1, 0.15) is 6.10 Å². The van der Waals surface area contributed by atoms with Gasteiger partial charge < -0.3 is 24.7 Å². The van der Waals surface area contributed by atoms with Crippen molar-refractivity contribution in [3.05, 3.63) is 35.9 Å². The van der Waals surface area contributed by atoms with Gasteiger partial charge in [0.05, 0.1) is 18.3 Å². The second-order valence-electron chi connectivity index (χ2n) is 5.50. The van der Waals surface area contributed by atoms with Gasteiger partial charge in [0.15, 0.2) is 8.38 Å². The van der Waals surface area contributed by atoms with Crippen LogP contribution in [-0.4, -0.2) is 50.6 Å². The van der Waals surface area contributed by atoms with Crippen LogP contribution in [0.1, 0.15) is 24.8 Å². The number of benzene rings is 1. The van der Waals surface area contributed by atoms with Crippen molar-refractivity contribution in [2.45, 2.75) is 50.1 Å². The Hall–Kier alpha value is -0.550. The van der Waals surface area contributed by atoms with Crippen LogP contribution in [0.15, 0.2) is 30.3 Å². The number of ether oxygens (including phenoxy) is 1. The van der Waals surface area contributed by atoms with Crippen molar-refractivity contribution in [3.8, 4) is 0 Å². The van der Waals surface area contributed by atoms with Gasteiger partial charge in [-0.25, -0.2) is 0 Å². The quantitative estimate of drug-likeness (QED) is 0.592. The Labute approximate surface area is 126 Å². The second kappa shape index (κ2) is 8.18. The maximum Gasteiger partial charge on any atom is 0.165 e. The molecule has 1 aliphatic heterocycles. The molecule has 1 heterocycles. The molecule has 0 bridgehead atoms. The molecule has 1 aromatic carbocycles. The van der Waals surface area contributed by atoms with E-state index in [1.807, 2.05) is 30.3 Å². The largest absolute Gasteiger partial charge is 0.390 e. The highest BCUT2D eigenvalue weighted by atomic mass is 31.2. The lowest BCUT2D eigenvalue weighted by Gasteiger charge is -2.37. The van der Waals surface area contributed by atoms with Gasteiger partial charge in [0, 0.05) is 12.6 Å². The van der Waals surface area contributed by atoms with Crippen LogP contribution in [0.5, 0.6) is 0 Å². The predicted octanol–water partition coefficient (Wildman–Crippen LogP) is 1.19. The Morgan fingerprint density at radius 3 is 2.48 bits per heavy atom. The first-order valence-corrected chi connectivity index (χ1v) is 8.70. The molecule has 0 amide bonds. The monoisotopic (exact) mass is 314 g/mol. The van der Waals surface area contributed by atoms with Gasteiger partial charge in [-0.2, -0.15) is 0 Å². The van der Waals surface area contributed by atoms with Crippen molar-refractivity contribution < 1.29 is 24.7 Å². The number of aliphatic hydroxyl groups is 2. The SMILES string of the molecule is OC1CC(CCP(O)O)OC(CCc2ccccc2)C1O. The van der Waals surface area contributed by atoms with E-state index in [9.17, 15) is 10.2 Å². The Bertz CT molecular complexity index is 414. The lowest BCUT2D eigenvalue weighted by Crippen LogP contribution is -2.48. The third-order valence-electron chi connectivity index (χ3n) is 3.86. The van der Waals surface area contributed by atoms with Crippen LogP contribution in [0.4, 0.5) is 0 Å². The van der Waals surface area contributed by atoms with Crippen molar-refractivity contribution in [1.82, 2.24) is 0 Å². The van der Waals surface area contributed by atoms with Crippen LogP contribution in [0.2, 0.25) is 0 Å². The fraction of sp³-hybridized carbons (Fsp3) is 0.600. The molecule has 0 radical (unpaired) electrons. The Morgan fingerprint density at radius 2 is 1.81 bits per heavy atom. The van der Waals surface area contributed by atoms with E-state index in [-0.39, 0.29) is 12.3 Å². The molecule has 4 N–H and O–H groups in total. The van der Waals surface area contributed by atoms with Crippen LogP contribution in [0.3, 0.4) is 0 Å². The maximum atomic E-state index is 10.0. The van der Waals surface area contributed by atoms with E-state index in [1.54, 1.807) is 0 Å². The van der Waals surface area contributed by atoms with E-state index in [0.29, 0.717) is 19.3 Å². The lowest BCUT2D eigenvalue weighted by molar-refractivity contribution is -0.170. The van der Waals surface area contributed by atoms with Crippen LogP contribution >= 0.6 is 8.38 Å². The standard InChI is InChI=1S/C15H23O5P/c16-13-10-12(8-9-21(18)19)20-14(15(13)17)7-6-11-4-2-1-3-5-11/h1-5,12-19H,6-10H2. The number of hydrogen-bond acceptors (Lipinski definition) is 5. The molecule has 0 saturated carbocycles. The summed E-state index contributed by atoms with van der Waals surface area (Å²) in [4.78, 5) is 17.9. The van der Waals surface area contributed by atoms with Crippen molar-refractivity contribution in [3.63, 3.8) is 0 Å². The molecule has 4 unspecified atom stereocenters. The molecule has 4 atom stereocenters. The molecule has 0 aromatic heterocycles. The average molecular weight is 314 g/mol. The number of hydrogen-bond donors (Lipinski definition) is 4. The number of rotatable bonds is 6. The number of aliphatic hydroxyl groups excluding tert-OH is 2. The summed E-state index contributed by atoms with van der Waals surface area (Å²) in [6.07, 6.45) is 0.171. The van der Waals surface area contributed by atoms with Gasteiger partial charge in [-0.05, 0) is 24.8 Å². The first kappa shape index (κ1) is 16.8. The fourth-order valence-electron chi connectivity index (χ4n) is 2.68. The normalized spacial score (nSPS) is 29.8. The summed E-state index contributed by atoms with van der Waals surface area (Å²) in [6, 6.07) is 9.94. The highest BCUT2D eigenvalue weighted by Crippen LogP contribution is 2.30. The predicted molar refractivity (Wildman–Crippen MR) is 80.9 cm³/mol. The van der Waals surface area contributed by atoms with E-state index in [4.69, 9.17) is 14.5 Å². The van der Waals surface area contributed by atoms with Crippen molar-refractivity contribution >= 4 is 8.38 Å². The molecule has 6 heteroatoms. The molecule has 5 nitrogen and oxygen atoms in total. The minimum Gasteiger partial charge on any atom is -0.390 e. The highest BCUT2D eigenvalue weighted by Gasteiger charge is 2.36. The minimum atomic E-state index is -1.93. The summed E-state index contributed by atoms with van der Waals surface area (Å²) in [6.45, 7) is 0. The van der Waals surface area contributed by atoms with Crippen molar-refractivity contribution in [2.75, 3.05) is 6.16 Å². The summed E-state index contributed by atoms with van der Waals surface area (Å²) >= 11 is 0. The zero-order valence-electron chi connectivity index (χ0n) is 11.9. The Balaban J connectivity index is 1.87. The molecular formula is C15H23O5P. The zero-order valence-corrected chi connectivity index (χ0v) is 12.8. The number of aryl methyl sites for hydroxylation is 1. The highest BCUT2D eigenvalue weighted by molar-refractivity contribution is 7.45. The molecule has 1 saturated heterocycles. The van der Waals surface area contributed by atoms with Gasteiger partial charge >= 0.3 is 0 Å². The smallest absolute Gasteiger partial charge is 0.165 e. The van der Waals surface area contributed by atoms with Crippen LogP contribution in [0.25, 0.3) is 0 Å². The van der Waals surface area contributed by atoms with Crippen LogP contribution in [0, 0.1) is 0 Å². The third-order valence-corrected chi connectivity index (χ3v) is 4.52. The molecule has 1 aliphatic rings. The molecule has 118 valence electrons. The molecule has 21 heavy (non-hydrogen) atoms. The van der Waals surface area contributed by atoms with Gasteiger partial charge in [-0.3, -0.25) is 0 Å².